The van der Waals surface area contributed by atoms with Gasteiger partial charge in [0.15, 0.2) is 0 Å². The van der Waals surface area contributed by atoms with E-state index in [9.17, 15) is 9.59 Å². The highest BCUT2D eigenvalue weighted by Crippen LogP contribution is 2.21. The Morgan fingerprint density at radius 1 is 1.08 bits per heavy atom. The summed E-state index contributed by atoms with van der Waals surface area (Å²) in [4.78, 5) is 25.6. The van der Waals surface area contributed by atoms with Gasteiger partial charge in [-0.25, -0.2) is 0 Å². The molecule has 3 rings (SSSR count). The van der Waals surface area contributed by atoms with Gasteiger partial charge in [-0.05, 0) is 36.6 Å². The molecule has 5 heteroatoms. The number of carbonyl (C=O) groups is 2. The third kappa shape index (κ3) is 5.11. The highest BCUT2D eigenvalue weighted by molar-refractivity contribution is 7.99. The number of amides is 2. The number of aryl methyl sites for hydroxylation is 1. The van der Waals surface area contributed by atoms with E-state index < -0.39 is 0 Å². The van der Waals surface area contributed by atoms with E-state index in [1.54, 1.807) is 11.8 Å². The predicted octanol–water partition coefficient (Wildman–Crippen LogP) is 3.67. The number of hydrogen-bond acceptors (Lipinski definition) is 3. The molecule has 1 N–H and O–H groups in total. The van der Waals surface area contributed by atoms with Gasteiger partial charge in [0, 0.05) is 31.0 Å². The standard InChI is InChI=1S/C21H24N2O2S/c1-16-4-6-18(7-5-16)14-26-15-20(24)22-13-17-8-10-19(11-9-17)23-12-2-3-21(23)25/h4-11H,2-3,12-15H2,1H3,(H,22,24). The molecule has 2 aromatic rings. The fraction of sp³-hybridized carbons (Fsp3) is 0.333. The molecular formula is C21H24N2O2S. The zero-order valence-electron chi connectivity index (χ0n) is 15.0. The van der Waals surface area contributed by atoms with Crippen molar-refractivity contribution in [2.45, 2.75) is 32.1 Å². The lowest BCUT2D eigenvalue weighted by atomic mass is 10.2. The molecule has 26 heavy (non-hydrogen) atoms. The van der Waals surface area contributed by atoms with Crippen molar-refractivity contribution in [2.24, 2.45) is 0 Å². The van der Waals surface area contributed by atoms with Crippen molar-refractivity contribution in [1.82, 2.24) is 5.32 Å². The van der Waals surface area contributed by atoms with Gasteiger partial charge in [-0.15, -0.1) is 11.8 Å². The first-order valence-electron chi connectivity index (χ1n) is 8.91. The van der Waals surface area contributed by atoms with E-state index in [1.807, 2.05) is 29.2 Å². The maximum Gasteiger partial charge on any atom is 0.230 e. The summed E-state index contributed by atoms with van der Waals surface area (Å²) in [6.45, 7) is 3.38. The second-order valence-electron chi connectivity index (χ2n) is 6.57. The van der Waals surface area contributed by atoms with Crippen molar-refractivity contribution in [3.8, 4) is 0 Å². The number of thioether (sulfide) groups is 1. The molecular weight excluding hydrogens is 344 g/mol. The highest BCUT2D eigenvalue weighted by Gasteiger charge is 2.21. The summed E-state index contributed by atoms with van der Waals surface area (Å²) in [7, 11) is 0. The Bertz CT molecular complexity index is 757. The van der Waals surface area contributed by atoms with Crippen molar-refractivity contribution in [3.63, 3.8) is 0 Å². The lowest BCUT2D eigenvalue weighted by Crippen LogP contribution is -2.25. The molecule has 4 nitrogen and oxygen atoms in total. The predicted molar refractivity (Wildman–Crippen MR) is 107 cm³/mol. The van der Waals surface area contributed by atoms with Crippen molar-refractivity contribution in [1.29, 1.82) is 0 Å². The maximum atomic E-state index is 12.0. The summed E-state index contributed by atoms with van der Waals surface area (Å²) in [6.07, 6.45) is 1.56. The van der Waals surface area contributed by atoms with Gasteiger partial charge in [-0.3, -0.25) is 9.59 Å². The molecule has 136 valence electrons. The number of hydrogen-bond donors (Lipinski definition) is 1. The summed E-state index contributed by atoms with van der Waals surface area (Å²) in [5, 5.41) is 2.95. The van der Waals surface area contributed by atoms with Gasteiger partial charge in [0.25, 0.3) is 0 Å². The zero-order valence-corrected chi connectivity index (χ0v) is 15.8. The average Bonchev–Trinajstić information content (AvgIpc) is 3.08. The van der Waals surface area contributed by atoms with Crippen LogP contribution >= 0.6 is 11.8 Å². The lowest BCUT2D eigenvalue weighted by molar-refractivity contribution is -0.119. The van der Waals surface area contributed by atoms with Gasteiger partial charge in [-0.2, -0.15) is 0 Å². The average molecular weight is 369 g/mol. The largest absolute Gasteiger partial charge is 0.351 e. The number of rotatable bonds is 7. The first-order chi connectivity index (χ1) is 12.6. The number of benzene rings is 2. The second kappa shape index (κ2) is 8.90. The minimum Gasteiger partial charge on any atom is -0.351 e. The van der Waals surface area contributed by atoms with Crippen LogP contribution in [0.2, 0.25) is 0 Å². The maximum absolute atomic E-state index is 12.0. The highest BCUT2D eigenvalue weighted by atomic mass is 32.2. The van der Waals surface area contributed by atoms with E-state index in [0.29, 0.717) is 18.7 Å². The summed E-state index contributed by atoms with van der Waals surface area (Å²) in [6, 6.07) is 16.2. The summed E-state index contributed by atoms with van der Waals surface area (Å²) >= 11 is 1.62. The molecule has 1 aliphatic heterocycles. The third-order valence-corrected chi connectivity index (χ3v) is 5.44. The molecule has 2 aromatic carbocycles. The van der Waals surface area contributed by atoms with Crippen LogP contribution in [0.4, 0.5) is 5.69 Å². The Balaban J connectivity index is 1.40. The van der Waals surface area contributed by atoms with E-state index in [0.717, 1.165) is 30.0 Å². The molecule has 1 aliphatic rings. The van der Waals surface area contributed by atoms with Crippen molar-refractivity contribution >= 4 is 29.3 Å². The quantitative estimate of drug-likeness (QED) is 0.811. The third-order valence-electron chi connectivity index (χ3n) is 4.43. The summed E-state index contributed by atoms with van der Waals surface area (Å²) in [5.41, 5.74) is 4.46. The SMILES string of the molecule is Cc1ccc(CSCC(=O)NCc2ccc(N3CCCC3=O)cc2)cc1. The Hall–Kier alpha value is -2.27. The number of nitrogens with zero attached hydrogens (tertiary/aromatic N) is 1. The van der Waals surface area contributed by atoms with E-state index in [-0.39, 0.29) is 11.8 Å². The van der Waals surface area contributed by atoms with Crippen LogP contribution < -0.4 is 10.2 Å². The van der Waals surface area contributed by atoms with E-state index in [1.165, 1.54) is 11.1 Å². The molecule has 1 heterocycles. The van der Waals surface area contributed by atoms with Crippen LogP contribution in [-0.4, -0.2) is 24.1 Å². The Morgan fingerprint density at radius 2 is 1.77 bits per heavy atom. The molecule has 0 atom stereocenters. The number of nitrogens with one attached hydrogen (secondary N) is 1. The Kier molecular flexibility index (Phi) is 6.34. The molecule has 2 amide bonds. The van der Waals surface area contributed by atoms with Crippen LogP contribution in [0.1, 0.15) is 29.5 Å². The molecule has 0 unspecified atom stereocenters. The van der Waals surface area contributed by atoms with Crippen LogP contribution in [-0.2, 0) is 21.9 Å². The second-order valence-corrected chi connectivity index (χ2v) is 7.56. The van der Waals surface area contributed by atoms with Gasteiger partial charge in [0.2, 0.25) is 11.8 Å². The lowest BCUT2D eigenvalue weighted by Gasteiger charge is -2.16. The fourth-order valence-electron chi connectivity index (χ4n) is 2.91. The van der Waals surface area contributed by atoms with Gasteiger partial charge in [0.1, 0.15) is 0 Å². The fourth-order valence-corrected chi connectivity index (χ4v) is 3.73. The molecule has 0 radical (unpaired) electrons. The molecule has 0 saturated carbocycles. The normalized spacial score (nSPS) is 13.9. The van der Waals surface area contributed by atoms with Gasteiger partial charge < -0.3 is 10.2 Å². The summed E-state index contributed by atoms with van der Waals surface area (Å²) < 4.78 is 0. The minimum atomic E-state index is 0.0425. The van der Waals surface area contributed by atoms with Crippen LogP contribution in [0, 0.1) is 6.92 Å². The van der Waals surface area contributed by atoms with E-state index >= 15 is 0 Å². The first kappa shape index (κ1) is 18.5. The Morgan fingerprint density at radius 3 is 2.42 bits per heavy atom. The number of anilines is 1. The number of carbonyl (C=O) groups excluding carboxylic acids is 2. The summed E-state index contributed by atoms with van der Waals surface area (Å²) in [5.74, 6) is 1.53. The van der Waals surface area contributed by atoms with Crippen LogP contribution in [0.5, 0.6) is 0 Å². The zero-order chi connectivity index (χ0) is 18.4. The topological polar surface area (TPSA) is 49.4 Å². The van der Waals surface area contributed by atoms with Crippen LogP contribution in [0.25, 0.3) is 0 Å². The van der Waals surface area contributed by atoms with E-state index in [2.05, 4.69) is 36.5 Å². The van der Waals surface area contributed by atoms with Gasteiger partial charge in [-0.1, -0.05) is 42.0 Å². The molecule has 0 bridgehead atoms. The molecule has 1 saturated heterocycles. The van der Waals surface area contributed by atoms with Gasteiger partial charge in [0.05, 0.1) is 5.75 Å². The van der Waals surface area contributed by atoms with Crippen molar-refractivity contribution < 1.29 is 9.59 Å². The molecule has 0 aromatic heterocycles. The van der Waals surface area contributed by atoms with Crippen molar-refractivity contribution in [2.75, 3.05) is 17.2 Å². The molecule has 0 aliphatic carbocycles. The molecule has 0 spiro atoms. The van der Waals surface area contributed by atoms with Gasteiger partial charge >= 0.3 is 0 Å². The first-order valence-corrected chi connectivity index (χ1v) is 10.1. The van der Waals surface area contributed by atoms with E-state index in [4.69, 9.17) is 0 Å². The monoisotopic (exact) mass is 368 g/mol. The van der Waals surface area contributed by atoms with Crippen LogP contribution in [0.3, 0.4) is 0 Å². The Labute approximate surface area is 159 Å². The minimum absolute atomic E-state index is 0.0425. The smallest absolute Gasteiger partial charge is 0.230 e. The van der Waals surface area contributed by atoms with Crippen LogP contribution in [0.15, 0.2) is 48.5 Å². The van der Waals surface area contributed by atoms with Crippen molar-refractivity contribution in [3.05, 3.63) is 65.2 Å². The molecule has 1 fully saturated rings.